The molecule has 5 rings (SSSR count). The molecule has 0 bridgehead atoms. The first kappa shape index (κ1) is 34.1. The summed E-state index contributed by atoms with van der Waals surface area (Å²) in [5.74, 6) is -1.01. The number of hydrogen-bond donors (Lipinski definition) is 1. The molecule has 2 aliphatic rings. The molecule has 0 saturated heterocycles. The van der Waals surface area contributed by atoms with Crippen molar-refractivity contribution in [3.8, 4) is 0 Å². The zero-order chi connectivity index (χ0) is 30.2. The topological polar surface area (TPSA) is 29.1 Å². The van der Waals surface area contributed by atoms with Crippen molar-refractivity contribution in [3.63, 3.8) is 0 Å². The summed E-state index contributed by atoms with van der Waals surface area (Å²) >= 11 is 0. The fourth-order valence-corrected chi connectivity index (χ4v) is 6.71. The van der Waals surface area contributed by atoms with Crippen molar-refractivity contribution in [2.75, 3.05) is 6.16 Å². The van der Waals surface area contributed by atoms with Crippen LogP contribution >= 0.6 is 7.92 Å². The Hall–Kier alpha value is -3.38. The van der Waals surface area contributed by atoms with E-state index in [-0.39, 0.29) is 23.1 Å². The maximum Gasteiger partial charge on any atom is 0.416 e. The Bertz CT molecular complexity index is 1400. The second kappa shape index (κ2) is 15.4. The second-order valence-corrected chi connectivity index (χ2v) is 11.5. The molecule has 2 nitrogen and oxygen atoms in total. The van der Waals surface area contributed by atoms with Crippen LogP contribution in [0.3, 0.4) is 0 Å². The third-order valence-corrected chi connectivity index (χ3v) is 8.88. The number of halogens is 6. The average Bonchev–Trinajstić information content (AvgIpc) is 3.73. The summed E-state index contributed by atoms with van der Waals surface area (Å²) in [4.78, 5) is 13.1. The Kier molecular flexibility index (Phi) is 12.2. The predicted molar refractivity (Wildman–Crippen MR) is 156 cm³/mol. The van der Waals surface area contributed by atoms with Crippen molar-refractivity contribution in [1.82, 2.24) is 5.32 Å². The quantitative estimate of drug-likeness (QED) is 0.157. The van der Waals surface area contributed by atoms with E-state index in [0.29, 0.717) is 23.9 Å². The zero-order valence-electron chi connectivity index (χ0n) is 22.5. The van der Waals surface area contributed by atoms with E-state index >= 15 is 0 Å². The van der Waals surface area contributed by atoms with Crippen LogP contribution in [0, 0.1) is 12.8 Å². The van der Waals surface area contributed by atoms with Gasteiger partial charge in [-0.3, -0.25) is 4.79 Å². The summed E-state index contributed by atoms with van der Waals surface area (Å²) < 4.78 is 80.0. The summed E-state index contributed by atoms with van der Waals surface area (Å²) in [6, 6.07) is 19.4. The van der Waals surface area contributed by atoms with Gasteiger partial charge in [0.05, 0.1) is 17.2 Å². The van der Waals surface area contributed by atoms with Gasteiger partial charge in [-0.2, -0.15) is 26.3 Å². The zero-order valence-corrected chi connectivity index (χ0v) is 24.5. The minimum atomic E-state index is -5.05. The van der Waals surface area contributed by atoms with Crippen molar-refractivity contribution < 1.29 is 48.2 Å². The van der Waals surface area contributed by atoms with Gasteiger partial charge in [-0.25, -0.2) is 0 Å². The van der Waals surface area contributed by atoms with Crippen molar-refractivity contribution in [2.45, 2.75) is 18.4 Å². The summed E-state index contributed by atoms with van der Waals surface area (Å²) in [6.07, 6.45) is 7.35. The Labute approximate surface area is 258 Å². The van der Waals surface area contributed by atoms with Crippen LogP contribution in [0.15, 0.2) is 127 Å². The summed E-state index contributed by atoms with van der Waals surface area (Å²) in [7, 11) is -1.02. The number of carbonyl (C=O) groups excluding carboxylic acids is 1. The first-order valence-corrected chi connectivity index (χ1v) is 14.4. The van der Waals surface area contributed by atoms with Crippen LogP contribution in [0.25, 0.3) is 0 Å². The van der Waals surface area contributed by atoms with Crippen LogP contribution in [0.1, 0.15) is 21.5 Å². The molecule has 3 aromatic rings. The molecule has 2 radical (unpaired) electrons. The molecule has 224 valence electrons. The first-order valence-electron chi connectivity index (χ1n) is 12.9. The SMILES string of the molecule is O=C(NC(CP(c1ccccc1)c1ccccc1)C1=CC=C[CH]1)c1cc(C(F)(F)F)cc(C(F)(F)F)c1.[CH]1C=CC=C1.[Fe]. The van der Waals surface area contributed by atoms with Gasteiger partial charge in [0, 0.05) is 35.5 Å². The van der Waals surface area contributed by atoms with E-state index in [1.54, 1.807) is 24.6 Å². The maximum atomic E-state index is 13.3. The number of amides is 1. The fourth-order valence-electron chi connectivity index (χ4n) is 4.26. The molecule has 0 aliphatic heterocycles. The monoisotopic (exact) mass is 653 g/mol. The summed E-state index contributed by atoms with van der Waals surface area (Å²) in [5.41, 5.74) is -3.07. The molecule has 0 heterocycles. The molecule has 1 unspecified atom stereocenters. The first-order chi connectivity index (χ1) is 20.0. The molecule has 2 aliphatic carbocycles. The van der Waals surface area contributed by atoms with Crippen molar-refractivity contribution in [1.29, 1.82) is 0 Å². The molecule has 0 fully saturated rings. The predicted octanol–water partition coefficient (Wildman–Crippen LogP) is 7.97. The van der Waals surface area contributed by atoms with Crippen molar-refractivity contribution >= 4 is 24.4 Å². The van der Waals surface area contributed by atoms with Gasteiger partial charge < -0.3 is 5.32 Å². The standard InChI is InChI=1S/C28H21F6NOP.C5H5.Fe/c29-27(30,31)21-15-20(16-22(17-21)28(32,33)34)26(36)35-25(19-9-7-8-10-19)18-37(23-11-3-1-4-12-23)24-13-5-2-6-14-24;1-2-4-5-3-1;/h1-17,25H,18H2,(H,35,36);1-5H;. The fraction of sp³-hybridized carbons (Fsp3) is 0.121. The summed E-state index contributed by atoms with van der Waals surface area (Å²) in [5, 5.41) is 4.75. The van der Waals surface area contributed by atoms with Crippen LogP contribution in [-0.2, 0) is 29.4 Å². The third kappa shape index (κ3) is 9.82. The molecular weight excluding hydrogens is 627 g/mol. The molecule has 0 saturated carbocycles. The minimum absolute atomic E-state index is 0. The molecule has 0 aromatic heterocycles. The van der Waals surface area contributed by atoms with Crippen LogP contribution in [-0.4, -0.2) is 18.1 Å². The van der Waals surface area contributed by atoms with Gasteiger partial charge in [0.1, 0.15) is 0 Å². The minimum Gasteiger partial charge on any atom is -0.345 e. The molecular formula is C33H26F6FeNOP. The number of alkyl halides is 6. The van der Waals surface area contributed by atoms with E-state index in [0.717, 1.165) is 10.6 Å². The smallest absolute Gasteiger partial charge is 0.345 e. The number of rotatable bonds is 7. The van der Waals surface area contributed by atoms with Crippen LogP contribution in [0.5, 0.6) is 0 Å². The maximum absolute atomic E-state index is 13.3. The molecule has 10 heteroatoms. The van der Waals surface area contributed by atoms with Gasteiger partial charge in [0.25, 0.3) is 5.91 Å². The summed E-state index contributed by atoms with van der Waals surface area (Å²) in [6.45, 7) is 0. The van der Waals surface area contributed by atoms with Crippen LogP contribution in [0.2, 0.25) is 0 Å². The van der Waals surface area contributed by atoms with E-state index < -0.39 is 48.9 Å². The van der Waals surface area contributed by atoms with Gasteiger partial charge in [-0.15, -0.1) is 0 Å². The van der Waals surface area contributed by atoms with E-state index in [4.69, 9.17) is 0 Å². The van der Waals surface area contributed by atoms with E-state index in [1.165, 1.54) is 0 Å². The number of allylic oxidation sites excluding steroid dienone is 7. The molecule has 1 amide bonds. The Morgan fingerprint density at radius 2 is 1.21 bits per heavy atom. The Morgan fingerprint density at radius 3 is 1.60 bits per heavy atom. The van der Waals surface area contributed by atoms with Crippen molar-refractivity contribution in [3.05, 3.63) is 157 Å². The largest absolute Gasteiger partial charge is 0.416 e. The molecule has 0 spiro atoms. The Morgan fingerprint density at radius 1 is 0.698 bits per heavy atom. The van der Waals surface area contributed by atoms with Gasteiger partial charge in [-0.05, 0) is 48.5 Å². The second-order valence-electron chi connectivity index (χ2n) is 9.28. The van der Waals surface area contributed by atoms with Gasteiger partial charge in [0.15, 0.2) is 0 Å². The van der Waals surface area contributed by atoms with Gasteiger partial charge in [0.2, 0.25) is 0 Å². The number of carbonyl (C=O) groups is 1. The number of nitrogens with one attached hydrogen (secondary N) is 1. The van der Waals surface area contributed by atoms with Crippen LogP contribution < -0.4 is 15.9 Å². The molecule has 3 aromatic carbocycles. The third-order valence-electron chi connectivity index (χ3n) is 6.30. The van der Waals surface area contributed by atoms with E-state index in [2.05, 4.69) is 5.32 Å². The van der Waals surface area contributed by atoms with E-state index in [9.17, 15) is 31.1 Å². The van der Waals surface area contributed by atoms with Gasteiger partial charge in [-0.1, -0.05) is 103 Å². The number of benzene rings is 3. The van der Waals surface area contributed by atoms with Crippen molar-refractivity contribution in [2.24, 2.45) is 0 Å². The molecule has 1 N–H and O–H groups in total. The number of hydrogen-bond acceptors (Lipinski definition) is 1. The van der Waals surface area contributed by atoms with E-state index in [1.807, 2.05) is 91.4 Å². The molecule has 43 heavy (non-hydrogen) atoms. The average molecular weight is 653 g/mol. The Balaban J connectivity index is 0.000000765. The van der Waals surface area contributed by atoms with Crippen LogP contribution in [0.4, 0.5) is 26.3 Å². The van der Waals surface area contributed by atoms with Gasteiger partial charge >= 0.3 is 12.4 Å². The normalized spacial score (nSPS) is 14.5. The molecule has 1 atom stereocenters.